The minimum Gasteiger partial charge on any atom is -0.140 e. The molecule has 3 aromatic carbocycles. The van der Waals surface area contributed by atoms with Crippen molar-refractivity contribution in [3.63, 3.8) is 0 Å². The highest BCUT2D eigenvalue weighted by Gasteiger charge is 2.13. The van der Waals surface area contributed by atoms with Gasteiger partial charge in [0.2, 0.25) is 0 Å². The number of hydrogen-bond donors (Lipinski definition) is 0. The molecular weight excluding hydrogens is 537 g/mol. The van der Waals surface area contributed by atoms with E-state index in [2.05, 4.69) is 86.6 Å². The molecule has 7 rings (SSSR count). The van der Waals surface area contributed by atoms with E-state index in [1.165, 1.54) is 110 Å². The summed E-state index contributed by atoms with van der Waals surface area (Å²) in [5.41, 5.74) is 2.62. The minimum atomic E-state index is 1.20. The van der Waals surface area contributed by atoms with Gasteiger partial charge >= 0.3 is 0 Å². The van der Waals surface area contributed by atoms with Crippen molar-refractivity contribution in [2.75, 3.05) is 0 Å². The van der Waals surface area contributed by atoms with Gasteiger partial charge in [-0.15, -0.1) is 45.3 Å². The van der Waals surface area contributed by atoms with Crippen molar-refractivity contribution in [3.05, 3.63) is 82.6 Å². The number of unbranched alkanes of at least 4 members (excludes halogenated alkanes) is 2. The summed E-state index contributed by atoms with van der Waals surface area (Å²) in [5.74, 6) is 0. The van der Waals surface area contributed by atoms with Crippen LogP contribution in [0.15, 0.2) is 72.8 Å². The van der Waals surface area contributed by atoms with Gasteiger partial charge in [0.25, 0.3) is 0 Å². The molecule has 0 aliphatic carbocycles. The van der Waals surface area contributed by atoms with Gasteiger partial charge in [-0.3, -0.25) is 0 Å². The Labute approximate surface area is 240 Å². The van der Waals surface area contributed by atoms with Gasteiger partial charge in [-0.05, 0) is 85.3 Å². The average Bonchev–Trinajstić information content (AvgIpc) is 3.73. The van der Waals surface area contributed by atoms with Gasteiger partial charge in [0.1, 0.15) is 0 Å². The van der Waals surface area contributed by atoms with E-state index in [0.29, 0.717) is 0 Å². The Balaban J connectivity index is 1.20. The first kappa shape index (κ1) is 24.5. The fraction of sp³-hybridized carbons (Fsp3) is 0.235. The third-order valence-corrected chi connectivity index (χ3v) is 12.1. The van der Waals surface area contributed by atoms with Crippen LogP contribution in [0.3, 0.4) is 0 Å². The normalized spacial score (nSPS) is 12.1. The van der Waals surface area contributed by atoms with E-state index in [1.54, 1.807) is 0 Å². The van der Waals surface area contributed by atoms with Crippen molar-refractivity contribution >= 4 is 85.7 Å². The molecule has 0 aliphatic rings. The lowest BCUT2D eigenvalue weighted by Gasteiger charge is -2.00. The number of aryl methyl sites for hydroxylation is 2. The quantitative estimate of drug-likeness (QED) is 0.172. The second kappa shape index (κ2) is 10.2. The van der Waals surface area contributed by atoms with Gasteiger partial charge < -0.3 is 0 Å². The molecule has 0 atom stereocenters. The van der Waals surface area contributed by atoms with Crippen LogP contribution in [0, 0.1) is 0 Å². The van der Waals surface area contributed by atoms with Gasteiger partial charge in [0.05, 0.1) is 0 Å². The maximum absolute atomic E-state index is 2.44. The van der Waals surface area contributed by atoms with Crippen molar-refractivity contribution < 1.29 is 0 Å². The molecule has 4 heteroatoms. The first-order chi connectivity index (χ1) is 18.7. The predicted octanol–water partition coefficient (Wildman–Crippen LogP) is 12.6. The lowest BCUT2D eigenvalue weighted by Crippen LogP contribution is -1.76. The fourth-order valence-corrected chi connectivity index (χ4v) is 9.80. The number of hydrogen-bond acceptors (Lipinski definition) is 4. The summed E-state index contributed by atoms with van der Waals surface area (Å²) in [6.45, 7) is 4.55. The molecule has 38 heavy (non-hydrogen) atoms. The standard InChI is InChI=1S/C34H30S4/c1-3-5-7-23-17-25-27-19-33(37-31(27)15-13-29(25)35-23)21-9-11-22(12-10-21)34-20-28-26-18-24(8-6-4-2)36-30(26)14-16-32(28)38-34/h9-20H,3-8H2,1-2H3. The maximum Gasteiger partial charge on any atom is 0.0356 e. The highest BCUT2D eigenvalue weighted by Crippen LogP contribution is 2.42. The lowest BCUT2D eigenvalue weighted by molar-refractivity contribution is 0.804. The van der Waals surface area contributed by atoms with Crippen LogP contribution < -0.4 is 0 Å². The molecule has 7 aromatic rings. The summed E-state index contributed by atoms with van der Waals surface area (Å²) in [7, 11) is 0. The number of thiophene rings is 4. The summed E-state index contributed by atoms with van der Waals surface area (Å²) in [5, 5.41) is 5.68. The van der Waals surface area contributed by atoms with Gasteiger partial charge in [-0.25, -0.2) is 0 Å². The second-order valence-electron chi connectivity index (χ2n) is 10.2. The fourth-order valence-electron chi connectivity index (χ4n) is 5.40. The summed E-state index contributed by atoms with van der Waals surface area (Å²) in [6.07, 6.45) is 7.45. The second-order valence-corrected chi connectivity index (χ2v) is 14.7. The zero-order valence-electron chi connectivity index (χ0n) is 21.8. The van der Waals surface area contributed by atoms with E-state index in [-0.39, 0.29) is 0 Å². The molecule has 4 heterocycles. The Morgan fingerprint density at radius 3 is 1.21 bits per heavy atom. The van der Waals surface area contributed by atoms with Gasteiger partial charge in [0, 0.05) is 59.9 Å². The van der Waals surface area contributed by atoms with E-state index >= 15 is 0 Å². The van der Waals surface area contributed by atoms with Crippen molar-refractivity contribution in [1.82, 2.24) is 0 Å². The SMILES string of the molecule is CCCCc1cc2c(ccc3sc(-c4ccc(-c5cc6c(ccc7sc(CCCC)cc76)s5)cc4)cc32)s1. The summed E-state index contributed by atoms with van der Waals surface area (Å²) in [4.78, 5) is 5.76. The van der Waals surface area contributed by atoms with E-state index in [9.17, 15) is 0 Å². The van der Waals surface area contributed by atoms with Crippen LogP contribution >= 0.6 is 45.3 Å². The van der Waals surface area contributed by atoms with Crippen molar-refractivity contribution in [2.24, 2.45) is 0 Å². The Bertz CT molecular complexity index is 1750. The minimum absolute atomic E-state index is 1.20. The molecule has 0 amide bonds. The molecule has 0 bridgehead atoms. The van der Waals surface area contributed by atoms with E-state index in [1.807, 2.05) is 45.3 Å². The zero-order valence-corrected chi connectivity index (χ0v) is 25.1. The van der Waals surface area contributed by atoms with Crippen LogP contribution in [-0.2, 0) is 12.8 Å². The largest absolute Gasteiger partial charge is 0.140 e. The molecule has 190 valence electrons. The summed E-state index contributed by atoms with van der Waals surface area (Å²) in [6, 6.07) is 28.2. The maximum atomic E-state index is 2.44. The van der Waals surface area contributed by atoms with Gasteiger partial charge in [-0.2, -0.15) is 0 Å². The highest BCUT2D eigenvalue weighted by molar-refractivity contribution is 7.23. The molecule has 0 radical (unpaired) electrons. The topological polar surface area (TPSA) is 0 Å². The van der Waals surface area contributed by atoms with Gasteiger partial charge in [0.15, 0.2) is 0 Å². The van der Waals surface area contributed by atoms with Crippen LogP contribution in [0.2, 0.25) is 0 Å². The molecule has 4 aromatic heterocycles. The Morgan fingerprint density at radius 2 is 0.816 bits per heavy atom. The number of rotatable bonds is 8. The van der Waals surface area contributed by atoms with Crippen LogP contribution in [0.4, 0.5) is 0 Å². The molecular formula is C34H30S4. The van der Waals surface area contributed by atoms with E-state index < -0.39 is 0 Å². The summed E-state index contributed by atoms with van der Waals surface area (Å²) >= 11 is 7.77. The summed E-state index contributed by atoms with van der Waals surface area (Å²) < 4.78 is 5.62. The molecule has 0 unspecified atom stereocenters. The molecule has 0 spiro atoms. The Morgan fingerprint density at radius 1 is 0.447 bits per heavy atom. The van der Waals surface area contributed by atoms with Crippen LogP contribution in [0.5, 0.6) is 0 Å². The van der Waals surface area contributed by atoms with E-state index in [0.717, 1.165) is 0 Å². The first-order valence-electron chi connectivity index (χ1n) is 13.7. The average molecular weight is 567 g/mol. The lowest BCUT2D eigenvalue weighted by atomic mass is 10.1. The van der Waals surface area contributed by atoms with E-state index in [4.69, 9.17) is 0 Å². The molecule has 0 saturated carbocycles. The predicted molar refractivity (Wildman–Crippen MR) is 176 cm³/mol. The van der Waals surface area contributed by atoms with Crippen LogP contribution in [0.25, 0.3) is 61.2 Å². The van der Waals surface area contributed by atoms with Crippen molar-refractivity contribution in [3.8, 4) is 20.9 Å². The third-order valence-electron chi connectivity index (χ3n) is 7.51. The molecule has 0 aliphatic heterocycles. The monoisotopic (exact) mass is 566 g/mol. The molecule has 0 fully saturated rings. The van der Waals surface area contributed by atoms with Crippen molar-refractivity contribution in [1.29, 1.82) is 0 Å². The molecule has 0 N–H and O–H groups in total. The molecule has 0 nitrogen and oxygen atoms in total. The number of fused-ring (bicyclic) bond motifs is 6. The first-order valence-corrected chi connectivity index (χ1v) is 17.0. The Hall–Kier alpha value is -2.50. The van der Waals surface area contributed by atoms with Gasteiger partial charge in [-0.1, -0.05) is 51.0 Å². The third kappa shape index (κ3) is 4.42. The van der Waals surface area contributed by atoms with Crippen LogP contribution in [-0.4, -0.2) is 0 Å². The van der Waals surface area contributed by atoms with Crippen molar-refractivity contribution in [2.45, 2.75) is 52.4 Å². The highest BCUT2D eigenvalue weighted by atomic mass is 32.1. The molecule has 0 saturated heterocycles. The van der Waals surface area contributed by atoms with Crippen LogP contribution in [0.1, 0.15) is 49.3 Å². The Kier molecular flexibility index (Phi) is 6.61. The smallest absolute Gasteiger partial charge is 0.0356 e. The number of benzene rings is 3. The zero-order chi connectivity index (χ0) is 25.6.